The Hall–Kier alpha value is -2.82. The molecule has 0 radical (unpaired) electrons. The molecule has 0 saturated carbocycles. The maximum absolute atomic E-state index is 12.1. The average molecular weight is 337 g/mol. The van der Waals surface area contributed by atoms with E-state index in [1.165, 1.54) is 0 Å². The molecule has 1 heterocycles. The first-order valence-corrected chi connectivity index (χ1v) is 8.62. The van der Waals surface area contributed by atoms with Crippen molar-refractivity contribution in [2.24, 2.45) is 0 Å². The van der Waals surface area contributed by atoms with Gasteiger partial charge in [-0.3, -0.25) is 4.79 Å². The summed E-state index contributed by atoms with van der Waals surface area (Å²) in [5.41, 5.74) is 2.98. The molecule has 25 heavy (non-hydrogen) atoms. The third-order valence-corrected chi connectivity index (χ3v) is 4.29. The minimum absolute atomic E-state index is 0.0920. The largest absolute Gasteiger partial charge is 0.341 e. The Labute approximate surface area is 148 Å². The van der Waals surface area contributed by atoms with Gasteiger partial charge in [-0.25, -0.2) is 4.79 Å². The third kappa shape index (κ3) is 4.59. The molecule has 2 aromatic rings. The second-order valence-corrected chi connectivity index (χ2v) is 6.39. The lowest BCUT2D eigenvalue weighted by Crippen LogP contribution is -2.44. The van der Waals surface area contributed by atoms with Crippen LogP contribution in [-0.4, -0.2) is 36.0 Å². The number of carbonyl (C=O) groups is 2. The highest BCUT2D eigenvalue weighted by molar-refractivity contribution is 5.89. The standard InChI is InChI=1S/C20H23N3O2/c1-15(14-23-13-5-8-19(23)24)21-20(25)22-18-11-9-17(10-12-18)16-6-3-2-4-7-16/h2-4,6-7,9-12,15H,5,8,13-14H2,1H3,(H2,21,22,25)/t15-/m0/s1. The number of nitrogens with zero attached hydrogens (tertiary/aromatic N) is 1. The van der Waals surface area contributed by atoms with E-state index in [4.69, 9.17) is 0 Å². The van der Waals surface area contributed by atoms with Gasteiger partial charge in [0.15, 0.2) is 0 Å². The molecule has 3 amide bonds. The normalized spacial score (nSPS) is 15.1. The molecule has 1 saturated heterocycles. The van der Waals surface area contributed by atoms with Crippen molar-refractivity contribution >= 4 is 17.6 Å². The molecule has 1 atom stereocenters. The molecule has 0 spiro atoms. The molecule has 0 aliphatic carbocycles. The van der Waals surface area contributed by atoms with Gasteiger partial charge < -0.3 is 15.5 Å². The van der Waals surface area contributed by atoms with Crippen LogP contribution < -0.4 is 10.6 Å². The Kier molecular flexibility index (Phi) is 5.33. The lowest BCUT2D eigenvalue weighted by atomic mass is 10.1. The summed E-state index contributed by atoms with van der Waals surface area (Å²) in [6, 6.07) is 17.5. The maximum Gasteiger partial charge on any atom is 0.319 e. The topological polar surface area (TPSA) is 61.4 Å². The van der Waals surface area contributed by atoms with Gasteiger partial charge in [0.05, 0.1) is 0 Å². The van der Waals surface area contributed by atoms with E-state index in [0.29, 0.717) is 13.0 Å². The highest BCUT2D eigenvalue weighted by atomic mass is 16.2. The van der Waals surface area contributed by atoms with E-state index in [9.17, 15) is 9.59 Å². The first kappa shape index (κ1) is 17.0. The molecular weight excluding hydrogens is 314 g/mol. The SMILES string of the molecule is C[C@@H](CN1CCCC1=O)NC(=O)Nc1ccc(-c2ccccc2)cc1. The summed E-state index contributed by atoms with van der Waals surface area (Å²) < 4.78 is 0. The highest BCUT2D eigenvalue weighted by Crippen LogP contribution is 2.20. The van der Waals surface area contributed by atoms with Crippen LogP contribution >= 0.6 is 0 Å². The van der Waals surface area contributed by atoms with Crippen molar-refractivity contribution in [3.05, 3.63) is 54.6 Å². The second-order valence-electron chi connectivity index (χ2n) is 6.39. The third-order valence-electron chi connectivity index (χ3n) is 4.29. The minimum atomic E-state index is -0.258. The Morgan fingerprint density at radius 2 is 1.76 bits per heavy atom. The molecule has 1 fully saturated rings. The number of rotatable bonds is 5. The van der Waals surface area contributed by atoms with Crippen molar-refractivity contribution < 1.29 is 9.59 Å². The molecule has 0 unspecified atom stereocenters. The monoisotopic (exact) mass is 337 g/mol. The Bertz CT molecular complexity index is 728. The molecule has 5 nitrogen and oxygen atoms in total. The zero-order chi connectivity index (χ0) is 17.6. The number of urea groups is 1. The van der Waals surface area contributed by atoms with Crippen LogP contribution in [0.2, 0.25) is 0 Å². The van der Waals surface area contributed by atoms with E-state index in [1.54, 1.807) is 4.90 Å². The summed E-state index contributed by atoms with van der Waals surface area (Å²) >= 11 is 0. The molecule has 0 bridgehead atoms. The van der Waals surface area contributed by atoms with E-state index in [1.807, 2.05) is 49.4 Å². The van der Waals surface area contributed by atoms with Gasteiger partial charge in [-0.2, -0.15) is 0 Å². The van der Waals surface area contributed by atoms with Gasteiger partial charge in [0.25, 0.3) is 0 Å². The molecule has 3 rings (SSSR count). The van der Waals surface area contributed by atoms with E-state index in [0.717, 1.165) is 29.8 Å². The summed E-state index contributed by atoms with van der Waals surface area (Å²) in [5.74, 6) is 0.172. The summed E-state index contributed by atoms with van der Waals surface area (Å²) in [6.45, 7) is 3.25. The van der Waals surface area contributed by atoms with Crippen molar-refractivity contribution in [3.8, 4) is 11.1 Å². The first-order chi connectivity index (χ1) is 12.1. The van der Waals surface area contributed by atoms with Crippen molar-refractivity contribution in [1.29, 1.82) is 0 Å². The van der Waals surface area contributed by atoms with Gasteiger partial charge in [-0.05, 0) is 36.6 Å². The predicted molar refractivity (Wildman–Crippen MR) is 99.3 cm³/mol. The second kappa shape index (κ2) is 7.83. The van der Waals surface area contributed by atoms with Crippen molar-refractivity contribution in [3.63, 3.8) is 0 Å². The molecule has 130 valence electrons. The smallest absolute Gasteiger partial charge is 0.319 e. The Morgan fingerprint density at radius 3 is 2.40 bits per heavy atom. The van der Waals surface area contributed by atoms with Crippen LogP contribution in [0.15, 0.2) is 54.6 Å². The summed E-state index contributed by atoms with van der Waals surface area (Å²) in [7, 11) is 0. The quantitative estimate of drug-likeness (QED) is 0.877. The van der Waals surface area contributed by atoms with Crippen LogP contribution in [0.1, 0.15) is 19.8 Å². The van der Waals surface area contributed by atoms with Gasteiger partial charge >= 0.3 is 6.03 Å². The molecule has 1 aliphatic rings. The Morgan fingerprint density at radius 1 is 1.08 bits per heavy atom. The zero-order valence-electron chi connectivity index (χ0n) is 14.4. The van der Waals surface area contributed by atoms with Crippen molar-refractivity contribution in [1.82, 2.24) is 10.2 Å². The number of anilines is 1. The predicted octanol–water partition coefficient (Wildman–Crippen LogP) is 3.49. The molecule has 0 aromatic heterocycles. The van der Waals surface area contributed by atoms with Crippen LogP contribution in [0.5, 0.6) is 0 Å². The molecular formula is C20H23N3O2. The maximum atomic E-state index is 12.1. The van der Waals surface area contributed by atoms with Gasteiger partial charge in [0.1, 0.15) is 0 Å². The Balaban J connectivity index is 1.51. The molecule has 2 aromatic carbocycles. The fourth-order valence-electron chi connectivity index (χ4n) is 3.04. The number of likely N-dealkylation sites (tertiary alicyclic amines) is 1. The summed E-state index contributed by atoms with van der Waals surface area (Å²) in [4.78, 5) is 25.5. The zero-order valence-corrected chi connectivity index (χ0v) is 14.4. The lowest BCUT2D eigenvalue weighted by Gasteiger charge is -2.21. The van der Waals surface area contributed by atoms with Crippen LogP contribution in [0.25, 0.3) is 11.1 Å². The van der Waals surface area contributed by atoms with Gasteiger partial charge in [0, 0.05) is 31.2 Å². The average Bonchev–Trinajstić information content (AvgIpc) is 3.01. The molecule has 1 aliphatic heterocycles. The molecule has 2 N–H and O–H groups in total. The van der Waals surface area contributed by atoms with Crippen LogP contribution in [-0.2, 0) is 4.79 Å². The number of amides is 3. The van der Waals surface area contributed by atoms with Crippen molar-refractivity contribution in [2.45, 2.75) is 25.8 Å². The number of benzene rings is 2. The molecule has 5 heteroatoms. The van der Waals surface area contributed by atoms with E-state index in [2.05, 4.69) is 22.8 Å². The van der Waals surface area contributed by atoms with Gasteiger partial charge in [0.2, 0.25) is 5.91 Å². The fraction of sp³-hybridized carbons (Fsp3) is 0.300. The van der Waals surface area contributed by atoms with Crippen LogP contribution in [0.3, 0.4) is 0 Å². The van der Waals surface area contributed by atoms with Crippen molar-refractivity contribution in [2.75, 3.05) is 18.4 Å². The number of hydrogen-bond acceptors (Lipinski definition) is 2. The number of nitrogens with one attached hydrogen (secondary N) is 2. The van der Waals surface area contributed by atoms with Gasteiger partial charge in [-0.15, -0.1) is 0 Å². The first-order valence-electron chi connectivity index (χ1n) is 8.62. The van der Waals surface area contributed by atoms with E-state index in [-0.39, 0.29) is 18.0 Å². The fourth-order valence-corrected chi connectivity index (χ4v) is 3.04. The highest BCUT2D eigenvalue weighted by Gasteiger charge is 2.22. The lowest BCUT2D eigenvalue weighted by molar-refractivity contribution is -0.127. The summed E-state index contributed by atoms with van der Waals surface area (Å²) in [6.07, 6.45) is 1.53. The number of hydrogen-bond donors (Lipinski definition) is 2. The van der Waals surface area contributed by atoms with Crippen LogP contribution in [0.4, 0.5) is 10.5 Å². The van der Waals surface area contributed by atoms with E-state index < -0.39 is 0 Å². The van der Waals surface area contributed by atoms with E-state index >= 15 is 0 Å². The van der Waals surface area contributed by atoms with Gasteiger partial charge in [-0.1, -0.05) is 42.5 Å². The van der Waals surface area contributed by atoms with Crippen LogP contribution in [0, 0.1) is 0 Å². The summed E-state index contributed by atoms with van der Waals surface area (Å²) in [5, 5.41) is 5.71. The minimum Gasteiger partial charge on any atom is -0.341 e. The number of carbonyl (C=O) groups excluding carboxylic acids is 2.